The van der Waals surface area contributed by atoms with Gasteiger partial charge in [0, 0.05) is 23.5 Å². The Bertz CT molecular complexity index is 784. The summed E-state index contributed by atoms with van der Waals surface area (Å²) < 4.78 is 2.07. The van der Waals surface area contributed by atoms with E-state index < -0.39 is 0 Å². The number of nitrogens with one attached hydrogen (secondary N) is 1. The number of carbonyl (C=O) groups is 1. The van der Waals surface area contributed by atoms with Gasteiger partial charge in [-0.1, -0.05) is 36.0 Å². The van der Waals surface area contributed by atoms with Crippen molar-refractivity contribution in [2.45, 2.75) is 25.0 Å². The number of aromatic nitrogens is 3. The molecule has 2 aromatic heterocycles. The Kier molecular flexibility index (Phi) is 5.66. The molecule has 1 aromatic carbocycles. The van der Waals surface area contributed by atoms with Crippen molar-refractivity contribution in [1.29, 1.82) is 0 Å². The summed E-state index contributed by atoms with van der Waals surface area (Å²) in [7, 11) is 0. The van der Waals surface area contributed by atoms with Crippen LogP contribution in [0.4, 0.5) is 5.69 Å². The molecule has 0 saturated heterocycles. The second-order valence-electron chi connectivity index (χ2n) is 5.10. The van der Waals surface area contributed by atoms with Crippen molar-refractivity contribution in [3.8, 4) is 0 Å². The third-order valence-electron chi connectivity index (χ3n) is 3.41. The fraction of sp³-hybridized carbons (Fsp3) is 0.235. The average molecular weight is 358 g/mol. The molecule has 3 aromatic rings. The summed E-state index contributed by atoms with van der Waals surface area (Å²) in [5, 5.41) is 14.3. The molecule has 5 nitrogen and oxygen atoms in total. The molecule has 0 fully saturated rings. The van der Waals surface area contributed by atoms with Crippen LogP contribution in [0.25, 0.3) is 0 Å². The molecular weight excluding hydrogens is 340 g/mol. The maximum atomic E-state index is 12.1. The van der Waals surface area contributed by atoms with Crippen LogP contribution in [0.1, 0.15) is 17.6 Å². The Morgan fingerprint density at radius 1 is 1.21 bits per heavy atom. The zero-order valence-corrected chi connectivity index (χ0v) is 14.9. The summed E-state index contributed by atoms with van der Waals surface area (Å²) in [6, 6.07) is 13.6. The Labute approximate surface area is 149 Å². The van der Waals surface area contributed by atoms with Crippen LogP contribution in [0.2, 0.25) is 0 Å². The van der Waals surface area contributed by atoms with E-state index in [9.17, 15) is 4.79 Å². The van der Waals surface area contributed by atoms with Crippen LogP contribution < -0.4 is 5.32 Å². The molecule has 3 rings (SSSR count). The lowest BCUT2D eigenvalue weighted by Gasteiger charge is -2.07. The van der Waals surface area contributed by atoms with Crippen molar-refractivity contribution in [3.63, 3.8) is 0 Å². The number of anilines is 1. The molecule has 0 saturated carbocycles. The monoisotopic (exact) mass is 358 g/mol. The number of thioether (sulfide) groups is 1. The molecule has 24 heavy (non-hydrogen) atoms. The first-order chi connectivity index (χ1) is 11.8. The van der Waals surface area contributed by atoms with Crippen LogP contribution in [-0.2, 0) is 17.8 Å². The van der Waals surface area contributed by atoms with Gasteiger partial charge in [-0.3, -0.25) is 4.79 Å². The number of hydrogen-bond donors (Lipinski definition) is 1. The number of amides is 1. The van der Waals surface area contributed by atoms with Crippen molar-refractivity contribution in [1.82, 2.24) is 14.8 Å². The lowest BCUT2D eigenvalue weighted by molar-refractivity contribution is -0.113. The van der Waals surface area contributed by atoms with Crippen molar-refractivity contribution < 1.29 is 4.79 Å². The fourth-order valence-electron chi connectivity index (χ4n) is 2.29. The van der Waals surface area contributed by atoms with Crippen LogP contribution in [0.15, 0.2) is 53.0 Å². The Morgan fingerprint density at radius 3 is 2.75 bits per heavy atom. The Morgan fingerprint density at radius 2 is 2.04 bits per heavy atom. The molecule has 0 bridgehead atoms. The predicted molar refractivity (Wildman–Crippen MR) is 98.6 cm³/mol. The highest BCUT2D eigenvalue weighted by molar-refractivity contribution is 7.99. The van der Waals surface area contributed by atoms with Gasteiger partial charge in [0.05, 0.1) is 5.75 Å². The summed E-state index contributed by atoms with van der Waals surface area (Å²) in [4.78, 5) is 13.3. The molecular formula is C17H18N4OS2. The van der Waals surface area contributed by atoms with Gasteiger partial charge >= 0.3 is 0 Å². The molecule has 0 aliphatic heterocycles. The highest BCUT2D eigenvalue weighted by Crippen LogP contribution is 2.20. The van der Waals surface area contributed by atoms with Gasteiger partial charge in [-0.25, -0.2) is 0 Å². The Balaban J connectivity index is 1.60. The second kappa shape index (κ2) is 8.12. The quantitative estimate of drug-likeness (QED) is 0.655. The van der Waals surface area contributed by atoms with E-state index >= 15 is 0 Å². The highest BCUT2D eigenvalue weighted by atomic mass is 32.2. The SMILES string of the molecule is CCn1c(Cc2cccs2)nnc1SCC(=O)Nc1ccccc1. The summed E-state index contributed by atoms with van der Waals surface area (Å²) in [5.74, 6) is 1.20. The summed E-state index contributed by atoms with van der Waals surface area (Å²) in [6.45, 7) is 2.85. The molecule has 0 spiro atoms. The molecule has 0 unspecified atom stereocenters. The lowest BCUT2D eigenvalue weighted by atomic mass is 10.3. The summed E-state index contributed by atoms with van der Waals surface area (Å²) >= 11 is 3.13. The van der Waals surface area contributed by atoms with Crippen molar-refractivity contribution >= 4 is 34.7 Å². The average Bonchev–Trinajstić information content (AvgIpc) is 3.24. The minimum absolute atomic E-state index is 0.0448. The van der Waals surface area contributed by atoms with Crippen LogP contribution >= 0.6 is 23.1 Å². The molecule has 7 heteroatoms. The third-order valence-corrected chi connectivity index (χ3v) is 5.26. The zero-order valence-electron chi connectivity index (χ0n) is 13.3. The number of para-hydroxylation sites is 1. The van der Waals surface area contributed by atoms with Gasteiger partial charge in [0.25, 0.3) is 0 Å². The molecule has 0 aliphatic rings. The van der Waals surface area contributed by atoms with Crippen molar-refractivity contribution in [3.05, 3.63) is 58.5 Å². The molecule has 1 N–H and O–H groups in total. The second-order valence-corrected chi connectivity index (χ2v) is 7.08. The number of carbonyl (C=O) groups excluding carboxylic acids is 1. The topological polar surface area (TPSA) is 59.8 Å². The minimum atomic E-state index is -0.0448. The molecule has 124 valence electrons. The number of rotatable bonds is 7. The number of nitrogens with zero attached hydrogens (tertiary/aromatic N) is 3. The zero-order chi connectivity index (χ0) is 16.8. The van der Waals surface area contributed by atoms with E-state index in [1.165, 1.54) is 16.6 Å². The van der Waals surface area contributed by atoms with Gasteiger partial charge in [0.1, 0.15) is 5.82 Å². The third kappa shape index (κ3) is 4.24. The maximum Gasteiger partial charge on any atom is 0.234 e. The molecule has 0 aliphatic carbocycles. The molecule has 0 atom stereocenters. The van der Waals surface area contributed by atoms with Gasteiger partial charge in [0.2, 0.25) is 5.91 Å². The van der Waals surface area contributed by atoms with Crippen molar-refractivity contribution in [2.24, 2.45) is 0 Å². The van der Waals surface area contributed by atoms with Crippen LogP contribution in [0, 0.1) is 0 Å². The summed E-state index contributed by atoms with van der Waals surface area (Å²) in [6.07, 6.45) is 0.773. The van der Waals surface area contributed by atoms with E-state index in [1.54, 1.807) is 11.3 Å². The number of hydrogen-bond acceptors (Lipinski definition) is 5. The van der Waals surface area contributed by atoms with Gasteiger partial charge in [0.15, 0.2) is 5.16 Å². The standard InChI is InChI=1S/C17H18N4OS2/c1-2-21-15(11-14-9-6-10-23-14)19-20-17(21)24-12-16(22)18-13-7-4-3-5-8-13/h3-10H,2,11-12H2,1H3,(H,18,22). The predicted octanol–water partition coefficient (Wildman–Crippen LogP) is 3.68. The normalized spacial score (nSPS) is 10.7. The first kappa shape index (κ1) is 16.7. The van der Waals surface area contributed by atoms with Crippen LogP contribution in [0.3, 0.4) is 0 Å². The molecule has 0 radical (unpaired) electrons. The summed E-state index contributed by atoms with van der Waals surface area (Å²) in [5.41, 5.74) is 0.804. The first-order valence-electron chi connectivity index (χ1n) is 7.68. The van der Waals surface area contributed by atoms with Crippen LogP contribution in [-0.4, -0.2) is 26.4 Å². The highest BCUT2D eigenvalue weighted by Gasteiger charge is 2.14. The van der Waals surface area contributed by atoms with Crippen molar-refractivity contribution in [2.75, 3.05) is 11.1 Å². The smallest absolute Gasteiger partial charge is 0.234 e. The number of thiophene rings is 1. The van der Waals surface area contributed by atoms with Gasteiger partial charge in [-0.15, -0.1) is 21.5 Å². The van der Waals surface area contributed by atoms with E-state index in [0.29, 0.717) is 5.75 Å². The van der Waals surface area contributed by atoms with Gasteiger partial charge in [-0.2, -0.15) is 0 Å². The van der Waals surface area contributed by atoms with E-state index in [-0.39, 0.29) is 5.91 Å². The fourth-order valence-corrected chi connectivity index (χ4v) is 3.81. The van der Waals surface area contributed by atoms with Gasteiger partial charge in [-0.05, 0) is 30.5 Å². The minimum Gasteiger partial charge on any atom is -0.325 e. The maximum absolute atomic E-state index is 12.1. The van der Waals surface area contributed by atoms with E-state index in [0.717, 1.165) is 29.6 Å². The van der Waals surface area contributed by atoms with E-state index in [2.05, 4.69) is 38.5 Å². The first-order valence-corrected chi connectivity index (χ1v) is 9.55. The Hall–Kier alpha value is -2.12. The van der Waals surface area contributed by atoms with E-state index in [4.69, 9.17) is 0 Å². The molecule has 2 heterocycles. The number of benzene rings is 1. The lowest BCUT2D eigenvalue weighted by Crippen LogP contribution is -2.14. The molecule has 1 amide bonds. The van der Waals surface area contributed by atoms with Gasteiger partial charge < -0.3 is 9.88 Å². The largest absolute Gasteiger partial charge is 0.325 e. The van der Waals surface area contributed by atoms with E-state index in [1.807, 2.05) is 36.4 Å². The van der Waals surface area contributed by atoms with Crippen LogP contribution in [0.5, 0.6) is 0 Å².